The van der Waals surface area contributed by atoms with Gasteiger partial charge in [0.05, 0.1) is 23.2 Å². The van der Waals surface area contributed by atoms with Gasteiger partial charge in [-0.25, -0.2) is 8.42 Å². The van der Waals surface area contributed by atoms with Crippen LogP contribution in [0.2, 0.25) is 0 Å². The van der Waals surface area contributed by atoms with E-state index in [9.17, 15) is 13.5 Å². The molecular weight excluding hydrogens is 278 g/mol. The molecule has 1 N–H and O–H groups in total. The van der Waals surface area contributed by atoms with Crippen LogP contribution in [0.5, 0.6) is 0 Å². The maximum Gasteiger partial charge on any atom is 0.243 e. The Morgan fingerprint density at radius 2 is 1.90 bits per heavy atom. The first kappa shape index (κ1) is 15.4. The van der Waals surface area contributed by atoms with E-state index in [0.717, 1.165) is 0 Å². The molecule has 6 heteroatoms. The van der Waals surface area contributed by atoms with Gasteiger partial charge < -0.3 is 9.84 Å². The maximum absolute atomic E-state index is 12.6. The van der Waals surface area contributed by atoms with Gasteiger partial charge in [-0.3, -0.25) is 0 Å². The highest BCUT2D eigenvalue weighted by Crippen LogP contribution is 2.23. The van der Waals surface area contributed by atoms with Crippen LogP contribution in [0, 0.1) is 0 Å². The Kier molecular flexibility index (Phi) is 4.49. The zero-order valence-electron chi connectivity index (χ0n) is 12.0. The van der Waals surface area contributed by atoms with Crippen molar-refractivity contribution in [3.05, 3.63) is 29.8 Å². The molecule has 1 fully saturated rings. The second-order valence-corrected chi connectivity index (χ2v) is 7.27. The summed E-state index contributed by atoms with van der Waals surface area (Å²) in [5.41, 5.74) is 0.598. The molecule has 0 amide bonds. The highest BCUT2D eigenvalue weighted by molar-refractivity contribution is 7.89. The molecule has 112 valence electrons. The standard InChI is InChI=1S/C14H21NO4S/c1-10-8-15(9-11(2)19-10)20(17,18)14-6-4-5-13(7-14)12(3)16/h4-7,10-12,16H,8-9H2,1-3H3/t10-,11+,12?. The SMILES string of the molecule is CC(O)c1cccc(S(=O)(=O)N2C[C@@H](C)O[C@@H](C)C2)c1. The van der Waals surface area contributed by atoms with Crippen LogP contribution in [0.1, 0.15) is 32.4 Å². The molecule has 0 aromatic heterocycles. The lowest BCUT2D eigenvalue weighted by Crippen LogP contribution is -2.48. The highest BCUT2D eigenvalue weighted by Gasteiger charge is 2.32. The lowest BCUT2D eigenvalue weighted by Gasteiger charge is -2.34. The minimum atomic E-state index is -3.54. The first-order chi connectivity index (χ1) is 9.30. The van der Waals surface area contributed by atoms with E-state index >= 15 is 0 Å². The Morgan fingerprint density at radius 3 is 2.45 bits per heavy atom. The number of hydrogen-bond acceptors (Lipinski definition) is 4. The third-order valence-electron chi connectivity index (χ3n) is 3.36. The Balaban J connectivity index is 2.32. The Morgan fingerprint density at radius 1 is 1.30 bits per heavy atom. The maximum atomic E-state index is 12.6. The molecule has 1 heterocycles. The van der Waals surface area contributed by atoms with Crippen molar-refractivity contribution in [1.29, 1.82) is 0 Å². The van der Waals surface area contributed by atoms with E-state index < -0.39 is 16.1 Å². The summed E-state index contributed by atoms with van der Waals surface area (Å²) >= 11 is 0. The van der Waals surface area contributed by atoms with Gasteiger partial charge in [0.1, 0.15) is 0 Å². The predicted molar refractivity (Wildman–Crippen MR) is 75.8 cm³/mol. The fourth-order valence-electron chi connectivity index (χ4n) is 2.41. The first-order valence-corrected chi connectivity index (χ1v) is 8.18. The topological polar surface area (TPSA) is 66.8 Å². The third-order valence-corrected chi connectivity index (χ3v) is 5.19. The molecule has 20 heavy (non-hydrogen) atoms. The second kappa shape index (κ2) is 5.81. The first-order valence-electron chi connectivity index (χ1n) is 6.74. The number of rotatable bonds is 3. The fraction of sp³-hybridized carbons (Fsp3) is 0.571. The van der Waals surface area contributed by atoms with E-state index in [4.69, 9.17) is 4.74 Å². The molecule has 1 saturated heterocycles. The molecule has 2 rings (SSSR count). The van der Waals surface area contributed by atoms with Crippen LogP contribution in [-0.4, -0.2) is 43.1 Å². The van der Waals surface area contributed by atoms with E-state index in [1.807, 2.05) is 13.8 Å². The molecule has 1 aromatic carbocycles. The van der Waals surface area contributed by atoms with Crippen molar-refractivity contribution >= 4 is 10.0 Å². The molecule has 3 atom stereocenters. The smallest absolute Gasteiger partial charge is 0.243 e. The van der Waals surface area contributed by atoms with Crippen LogP contribution < -0.4 is 0 Å². The molecule has 5 nitrogen and oxygen atoms in total. The zero-order chi connectivity index (χ0) is 14.9. The summed E-state index contributed by atoms with van der Waals surface area (Å²) in [5.74, 6) is 0. The molecule has 0 saturated carbocycles. The molecule has 1 aromatic rings. The summed E-state index contributed by atoms with van der Waals surface area (Å²) in [6.07, 6.45) is -0.922. The van der Waals surface area contributed by atoms with Crippen LogP contribution >= 0.6 is 0 Å². The van der Waals surface area contributed by atoms with Gasteiger partial charge in [0.2, 0.25) is 10.0 Å². The van der Waals surface area contributed by atoms with Gasteiger partial charge in [0, 0.05) is 13.1 Å². The molecule has 0 radical (unpaired) electrons. The summed E-state index contributed by atoms with van der Waals surface area (Å²) in [4.78, 5) is 0.220. The Bertz CT molecular complexity index is 560. The molecule has 1 aliphatic heterocycles. The van der Waals surface area contributed by atoms with Gasteiger partial charge in [-0.2, -0.15) is 4.31 Å². The van der Waals surface area contributed by atoms with Crippen LogP contribution in [-0.2, 0) is 14.8 Å². The lowest BCUT2D eigenvalue weighted by molar-refractivity contribution is -0.0440. The van der Waals surface area contributed by atoms with E-state index in [-0.39, 0.29) is 17.1 Å². The lowest BCUT2D eigenvalue weighted by atomic mass is 10.1. The van der Waals surface area contributed by atoms with Crippen LogP contribution in [0.15, 0.2) is 29.2 Å². The van der Waals surface area contributed by atoms with Crippen LogP contribution in [0.25, 0.3) is 0 Å². The molecule has 0 aliphatic carbocycles. The van der Waals surface area contributed by atoms with Gasteiger partial charge in [0.25, 0.3) is 0 Å². The average molecular weight is 299 g/mol. The fourth-order valence-corrected chi connectivity index (χ4v) is 4.06. The van der Waals surface area contributed by atoms with Gasteiger partial charge in [0.15, 0.2) is 0 Å². The number of sulfonamides is 1. The van der Waals surface area contributed by atoms with Crippen molar-refractivity contribution in [2.75, 3.05) is 13.1 Å². The normalized spacial score (nSPS) is 26.4. The van der Waals surface area contributed by atoms with Gasteiger partial charge in [-0.15, -0.1) is 0 Å². The van der Waals surface area contributed by atoms with Gasteiger partial charge in [-0.05, 0) is 38.5 Å². The second-order valence-electron chi connectivity index (χ2n) is 5.33. The molecule has 1 unspecified atom stereocenters. The summed E-state index contributed by atoms with van der Waals surface area (Å²) < 4.78 is 32.3. The Labute approximate surface area is 120 Å². The number of aliphatic hydroxyl groups excluding tert-OH is 1. The summed E-state index contributed by atoms with van der Waals surface area (Å²) in [5, 5.41) is 9.58. The number of ether oxygens (including phenoxy) is 1. The van der Waals surface area contributed by atoms with Crippen molar-refractivity contribution < 1.29 is 18.3 Å². The number of morpholine rings is 1. The van der Waals surface area contributed by atoms with Gasteiger partial charge >= 0.3 is 0 Å². The largest absolute Gasteiger partial charge is 0.389 e. The van der Waals surface area contributed by atoms with E-state index in [1.165, 1.54) is 10.4 Å². The number of nitrogens with zero attached hydrogens (tertiary/aromatic N) is 1. The molecule has 0 spiro atoms. The van der Waals surface area contributed by atoms with Crippen LogP contribution in [0.4, 0.5) is 0 Å². The quantitative estimate of drug-likeness (QED) is 0.919. The van der Waals surface area contributed by atoms with Gasteiger partial charge in [-0.1, -0.05) is 12.1 Å². The summed E-state index contributed by atoms with van der Waals surface area (Å²) in [7, 11) is -3.54. The number of hydrogen-bond donors (Lipinski definition) is 1. The summed E-state index contributed by atoms with van der Waals surface area (Å²) in [6, 6.07) is 6.47. The molecular formula is C14H21NO4S. The highest BCUT2D eigenvalue weighted by atomic mass is 32.2. The van der Waals surface area contributed by atoms with Crippen molar-refractivity contribution in [2.45, 2.75) is 44.0 Å². The minimum Gasteiger partial charge on any atom is -0.389 e. The monoisotopic (exact) mass is 299 g/mol. The van der Waals surface area contributed by atoms with E-state index in [2.05, 4.69) is 0 Å². The third kappa shape index (κ3) is 3.20. The minimum absolute atomic E-state index is 0.117. The zero-order valence-corrected chi connectivity index (χ0v) is 12.8. The molecule has 0 bridgehead atoms. The van der Waals surface area contributed by atoms with Crippen LogP contribution in [0.3, 0.4) is 0 Å². The summed E-state index contributed by atoms with van der Waals surface area (Å²) in [6.45, 7) is 6.05. The number of benzene rings is 1. The molecule has 1 aliphatic rings. The number of aliphatic hydroxyl groups is 1. The van der Waals surface area contributed by atoms with E-state index in [1.54, 1.807) is 25.1 Å². The Hall–Kier alpha value is -0.950. The van der Waals surface area contributed by atoms with Crippen molar-refractivity contribution in [3.8, 4) is 0 Å². The van der Waals surface area contributed by atoms with Crippen molar-refractivity contribution in [1.82, 2.24) is 4.31 Å². The average Bonchev–Trinajstić information content (AvgIpc) is 2.37. The predicted octanol–water partition coefficient (Wildman–Crippen LogP) is 1.54. The van der Waals surface area contributed by atoms with Crippen molar-refractivity contribution in [3.63, 3.8) is 0 Å². The van der Waals surface area contributed by atoms with E-state index in [0.29, 0.717) is 18.7 Å². The van der Waals surface area contributed by atoms with Crippen molar-refractivity contribution in [2.24, 2.45) is 0 Å².